The molecule has 2 aromatic carbocycles. The number of nitro groups is 1. The summed E-state index contributed by atoms with van der Waals surface area (Å²) in [6.07, 6.45) is 1.66. The average molecular weight is 418 g/mol. The molecule has 1 saturated heterocycles. The number of anilines is 2. The van der Waals surface area contributed by atoms with E-state index in [-0.39, 0.29) is 16.3 Å². The van der Waals surface area contributed by atoms with Crippen LogP contribution in [0.1, 0.15) is 19.8 Å². The Morgan fingerprint density at radius 3 is 2.45 bits per heavy atom. The molecule has 3 N–H and O–H groups in total. The minimum atomic E-state index is -3.95. The Bertz CT molecular complexity index is 999. The molecule has 1 aliphatic heterocycles. The third kappa shape index (κ3) is 5.30. The Kier molecular flexibility index (Phi) is 6.45. The number of benzene rings is 2. The van der Waals surface area contributed by atoms with E-state index >= 15 is 0 Å². The van der Waals surface area contributed by atoms with Gasteiger partial charge in [0.2, 0.25) is 0 Å². The lowest BCUT2D eigenvalue weighted by atomic mass is 10.1. The van der Waals surface area contributed by atoms with Gasteiger partial charge < -0.3 is 4.90 Å². The standard InChI is InChI=1S/C19H23N5O4S/c1-2-23-12-10-15(11-13-23)20-21-18-9-8-17(14-19(18)24(25)26)29(27,28)22-16-6-4-3-5-7-16/h3-9,14,21-22H,2,10-13H2,1H3/p+1. The molecule has 0 aromatic heterocycles. The van der Waals surface area contributed by atoms with Gasteiger partial charge in [0.05, 0.1) is 29.5 Å². The van der Waals surface area contributed by atoms with Crippen LogP contribution in [-0.2, 0) is 10.0 Å². The van der Waals surface area contributed by atoms with E-state index in [1.54, 1.807) is 30.3 Å². The van der Waals surface area contributed by atoms with Crippen LogP contribution in [0.25, 0.3) is 0 Å². The highest BCUT2D eigenvalue weighted by Gasteiger charge is 2.22. The molecular weight excluding hydrogens is 394 g/mol. The molecule has 154 valence electrons. The predicted octanol–water partition coefficient (Wildman–Crippen LogP) is 1.86. The van der Waals surface area contributed by atoms with Crippen molar-refractivity contribution in [2.75, 3.05) is 29.8 Å². The van der Waals surface area contributed by atoms with Crippen molar-refractivity contribution in [2.24, 2.45) is 5.10 Å². The molecule has 0 amide bonds. The summed E-state index contributed by atoms with van der Waals surface area (Å²) in [7, 11) is -3.95. The smallest absolute Gasteiger partial charge is 0.295 e. The van der Waals surface area contributed by atoms with Crippen LogP contribution < -0.4 is 15.0 Å². The maximum absolute atomic E-state index is 12.6. The molecule has 0 aliphatic carbocycles. The maximum atomic E-state index is 12.6. The quantitative estimate of drug-likeness (QED) is 0.469. The molecule has 1 aliphatic rings. The van der Waals surface area contributed by atoms with Crippen molar-refractivity contribution in [3.8, 4) is 0 Å². The number of nitrogens with zero attached hydrogens (tertiary/aromatic N) is 2. The molecule has 29 heavy (non-hydrogen) atoms. The number of para-hydroxylation sites is 1. The van der Waals surface area contributed by atoms with E-state index in [1.165, 1.54) is 17.0 Å². The topological polar surface area (TPSA) is 118 Å². The van der Waals surface area contributed by atoms with Gasteiger partial charge in [-0.05, 0) is 31.2 Å². The molecule has 0 bridgehead atoms. The fourth-order valence-corrected chi connectivity index (χ4v) is 4.22. The van der Waals surface area contributed by atoms with E-state index in [0.29, 0.717) is 5.69 Å². The number of quaternary nitrogens is 1. The third-order valence-corrected chi connectivity index (χ3v) is 6.25. The maximum Gasteiger partial charge on any atom is 0.295 e. The predicted molar refractivity (Wildman–Crippen MR) is 112 cm³/mol. The molecule has 0 saturated carbocycles. The number of sulfonamides is 1. The van der Waals surface area contributed by atoms with E-state index in [0.717, 1.165) is 44.3 Å². The summed E-state index contributed by atoms with van der Waals surface area (Å²) in [5, 5.41) is 15.8. The Morgan fingerprint density at radius 2 is 1.83 bits per heavy atom. The molecule has 0 spiro atoms. The Labute approximate surface area is 169 Å². The van der Waals surface area contributed by atoms with Crippen molar-refractivity contribution in [1.29, 1.82) is 0 Å². The Morgan fingerprint density at radius 1 is 1.14 bits per heavy atom. The molecule has 2 aromatic rings. The van der Waals surface area contributed by atoms with Crippen LogP contribution in [0.3, 0.4) is 0 Å². The van der Waals surface area contributed by atoms with Gasteiger partial charge in [-0.1, -0.05) is 18.2 Å². The zero-order chi connectivity index (χ0) is 20.9. The van der Waals surface area contributed by atoms with Crippen molar-refractivity contribution in [3.63, 3.8) is 0 Å². The summed E-state index contributed by atoms with van der Waals surface area (Å²) < 4.78 is 27.5. The summed E-state index contributed by atoms with van der Waals surface area (Å²) in [6, 6.07) is 12.1. The lowest BCUT2D eigenvalue weighted by Crippen LogP contribution is -3.12. The minimum Gasteiger partial charge on any atom is -0.335 e. The molecule has 0 unspecified atom stereocenters. The molecule has 1 fully saturated rings. The van der Waals surface area contributed by atoms with Crippen molar-refractivity contribution >= 4 is 32.8 Å². The van der Waals surface area contributed by atoms with Crippen molar-refractivity contribution < 1.29 is 18.2 Å². The summed E-state index contributed by atoms with van der Waals surface area (Å²) >= 11 is 0. The second-order valence-electron chi connectivity index (χ2n) is 6.80. The summed E-state index contributed by atoms with van der Waals surface area (Å²) in [5.74, 6) is 0. The third-order valence-electron chi connectivity index (χ3n) is 4.87. The van der Waals surface area contributed by atoms with Gasteiger partial charge in [0.1, 0.15) is 5.69 Å². The number of nitrogens with one attached hydrogen (secondary N) is 3. The molecule has 0 radical (unpaired) electrons. The number of hydrogen-bond donors (Lipinski definition) is 3. The highest BCUT2D eigenvalue weighted by Crippen LogP contribution is 2.28. The van der Waals surface area contributed by atoms with Gasteiger partial charge in [-0.2, -0.15) is 5.10 Å². The molecule has 10 heteroatoms. The first-order chi connectivity index (χ1) is 13.9. The second-order valence-corrected chi connectivity index (χ2v) is 8.48. The van der Waals surface area contributed by atoms with E-state index in [4.69, 9.17) is 0 Å². The zero-order valence-corrected chi connectivity index (χ0v) is 16.9. The molecule has 0 atom stereocenters. The van der Waals surface area contributed by atoms with Crippen LogP contribution in [0.4, 0.5) is 17.1 Å². The van der Waals surface area contributed by atoms with Crippen LogP contribution >= 0.6 is 0 Å². The van der Waals surface area contributed by atoms with Crippen LogP contribution in [-0.4, -0.2) is 38.7 Å². The Hall–Kier alpha value is -2.98. The Balaban J connectivity index is 1.79. The van der Waals surface area contributed by atoms with Gasteiger partial charge in [-0.3, -0.25) is 20.3 Å². The largest absolute Gasteiger partial charge is 0.335 e. The number of piperidine rings is 1. The molecule has 1 heterocycles. The lowest BCUT2D eigenvalue weighted by Gasteiger charge is -2.23. The van der Waals surface area contributed by atoms with Gasteiger partial charge in [-0.15, -0.1) is 0 Å². The van der Waals surface area contributed by atoms with E-state index in [1.807, 2.05) is 0 Å². The van der Waals surface area contributed by atoms with Crippen LogP contribution in [0.15, 0.2) is 58.5 Å². The van der Waals surface area contributed by atoms with E-state index in [2.05, 4.69) is 22.2 Å². The average Bonchev–Trinajstić information content (AvgIpc) is 2.72. The van der Waals surface area contributed by atoms with Gasteiger partial charge in [0.25, 0.3) is 15.7 Å². The van der Waals surface area contributed by atoms with Gasteiger partial charge >= 0.3 is 0 Å². The monoisotopic (exact) mass is 418 g/mol. The van der Waals surface area contributed by atoms with Crippen molar-refractivity contribution in [1.82, 2.24) is 0 Å². The zero-order valence-electron chi connectivity index (χ0n) is 16.1. The van der Waals surface area contributed by atoms with E-state index < -0.39 is 14.9 Å². The van der Waals surface area contributed by atoms with E-state index in [9.17, 15) is 18.5 Å². The number of hydrogen-bond acceptors (Lipinski definition) is 6. The number of nitro benzene ring substituents is 1. The first-order valence-electron chi connectivity index (χ1n) is 9.40. The fourth-order valence-electron chi connectivity index (χ4n) is 3.14. The first-order valence-corrected chi connectivity index (χ1v) is 10.9. The summed E-state index contributed by atoms with van der Waals surface area (Å²) in [5.41, 5.74) is 3.90. The molecule has 9 nitrogen and oxygen atoms in total. The van der Waals surface area contributed by atoms with Gasteiger partial charge in [-0.25, -0.2) is 8.42 Å². The molecule has 3 rings (SSSR count). The lowest BCUT2D eigenvalue weighted by molar-refractivity contribution is -0.899. The first kappa shape index (κ1) is 20.7. The number of hydrazone groups is 1. The highest BCUT2D eigenvalue weighted by molar-refractivity contribution is 7.92. The van der Waals surface area contributed by atoms with Crippen molar-refractivity contribution in [2.45, 2.75) is 24.7 Å². The van der Waals surface area contributed by atoms with Gasteiger partial charge in [0, 0.05) is 30.3 Å². The second kappa shape index (κ2) is 9.01. The van der Waals surface area contributed by atoms with Crippen LogP contribution in [0.5, 0.6) is 0 Å². The normalized spacial score (nSPS) is 16.9. The minimum absolute atomic E-state index is 0.159. The summed E-state index contributed by atoms with van der Waals surface area (Å²) in [4.78, 5) is 12.2. The van der Waals surface area contributed by atoms with Crippen LogP contribution in [0.2, 0.25) is 0 Å². The highest BCUT2D eigenvalue weighted by atomic mass is 32.2. The summed E-state index contributed by atoms with van der Waals surface area (Å²) in [6.45, 7) is 5.18. The molecular formula is C19H24N5O4S+. The van der Waals surface area contributed by atoms with Crippen molar-refractivity contribution in [3.05, 3.63) is 58.6 Å². The number of likely N-dealkylation sites (tertiary alicyclic amines) is 1. The van der Waals surface area contributed by atoms with Crippen LogP contribution in [0, 0.1) is 10.1 Å². The fraction of sp³-hybridized carbons (Fsp3) is 0.316. The number of rotatable bonds is 7. The van der Waals surface area contributed by atoms with Gasteiger partial charge in [0.15, 0.2) is 0 Å². The SMILES string of the molecule is CC[NH+]1CCC(=NNc2ccc(S(=O)(=O)Nc3ccccc3)cc2[N+](=O)[O-])CC1.